The highest BCUT2D eigenvalue weighted by Gasteiger charge is 2.30. The van der Waals surface area contributed by atoms with Gasteiger partial charge in [0.25, 0.3) is 0 Å². The summed E-state index contributed by atoms with van der Waals surface area (Å²) in [6.45, 7) is 9.21. The van der Waals surface area contributed by atoms with Crippen molar-refractivity contribution in [1.82, 2.24) is 8.75 Å². The van der Waals surface area contributed by atoms with Crippen LogP contribution in [0.15, 0.2) is 28.4 Å². The molecule has 0 saturated carbocycles. The molecule has 0 fully saturated rings. The maximum Gasteiger partial charge on any atom is 0.116 e. The first-order chi connectivity index (χ1) is 19.5. The largest absolute Gasteiger partial charge is 0.172 e. The summed E-state index contributed by atoms with van der Waals surface area (Å²) < 4.78 is 22.0. The average Bonchev–Trinajstić information content (AvgIpc) is 3.75. The summed E-state index contributed by atoms with van der Waals surface area (Å²) >= 11 is 13.8. The van der Waals surface area contributed by atoms with Crippen molar-refractivity contribution in [1.29, 1.82) is 0 Å². The summed E-state index contributed by atoms with van der Waals surface area (Å²) in [6, 6.07) is 4.63. The lowest BCUT2D eigenvalue weighted by Crippen LogP contribution is -2.04. The molecular weight excluding hydrogens is 704 g/mol. The van der Waals surface area contributed by atoms with Gasteiger partial charge in [-0.2, -0.15) is 17.5 Å². The maximum atomic E-state index is 4.92. The number of rotatable bonds is 14. The standard InChI is InChI=1S/C30H36Br2N4S4/c1-5-9-11-17(7-3)13-19-15-21(31)37-29(19)23-25-27(35-39-33-25)24(28-26(23)34-40-36-28)30-20(16-22(32)38-30)14-18(8-4)12-10-6-2/h15-18H,5-14H2,1-4H3. The minimum absolute atomic E-state index is 0.679. The molecule has 0 spiro atoms. The highest BCUT2D eigenvalue weighted by atomic mass is 79.9. The van der Waals surface area contributed by atoms with E-state index in [0.717, 1.165) is 53.9 Å². The summed E-state index contributed by atoms with van der Waals surface area (Å²) in [5.41, 5.74) is 8.85. The van der Waals surface area contributed by atoms with Gasteiger partial charge >= 0.3 is 0 Å². The van der Waals surface area contributed by atoms with Gasteiger partial charge in [0.1, 0.15) is 22.4 Å². The summed E-state index contributed by atoms with van der Waals surface area (Å²) in [5, 5.41) is 0. The van der Waals surface area contributed by atoms with Crippen LogP contribution in [0.2, 0.25) is 0 Å². The smallest absolute Gasteiger partial charge is 0.116 e. The van der Waals surface area contributed by atoms with Crippen molar-refractivity contribution in [3.8, 4) is 20.9 Å². The number of hydrogen-bond acceptors (Lipinski definition) is 7. The van der Waals surface area contributed by atoms with Crippen LogP contribution >= 0.6 is 66.3 Å². The summed E-state index contributed by atoms with van der Waals surface area (Å²) in [5.74, 6) is 1.36. The van der Waals surface area contributed by atoms with E-state index in [2.05, 4.69) is 71.7 Å². The van der Waals surface area contributed by atoms with Gasteiger partial charge in [-0.25, -0.2) is 0 Å². The van der Waals surface area contributed by atoms with Crippen molar-refractivity contribution in [2.24, 2.45) is 20.6 Å². The zero-order valence-electron chi connectivity index (χ0n) is 23.6. The van der Waals surface area contributed by atoms with Gasteiger partial charge in [0.2, 0.25) is 0 Å². The molecule has 4 aromatic rings. The zero-order chi connectivity index (χ0) is 28.2. The van der Waals surface area contributed by atoms with Crippen LogP contribution in [0.1, 0.15) is 90.2 Å². The second-order valence-corrected chi connectivity index (χ2v) is 16.6. The van der Waals surface area contributed by atoms with Crippen LogP contribution in [0, 0.1) is 11.8 Å². The molecule has 0 amide bonds. The van der Waals surface area contributed by atoms with Crippen LogP contribution in [0.4, 0.5) is 11.4 Å². The Morgan fingerprint density at radius 2 is 1.15 bits per heavy atom. The van der Waals surface area contributed by atoms with E-state index in [-0.39, 0.29) is 0 Å². The number of unbranched alkanes of at least 4 members (excludes halogenated alkanes) is 2. The van der Waals surface area contributed by atoms with E-state index in [9.17, 15) is 0 Å². The lowest BCUT2D eigenvalue weighted by molar-refractivity contribution is 0.450. The Morgan fingerprint density at radius 3 is 1.55 bits per heavy atom. The van der Waals surface area contributed by atoms with E-state index in [4.69, 9.17) is 17.5 Å². The average molecular weight is 741 g/mol. The molecule has 0 saturated heterocycles. The van der Waals surface area contributed by atoms with E-state index in [0.29, 0.717) is 11.8 Å². The van der Waals surface area contributed by atoms with E-state index >= 15 is 0 Å². The Bertz CT molecular complexity index is 1440. The topological polar surface area (TPSA) is 50.5 Å². The Labute approximate surface area is 270 Å². The van der Waals surface area contributed by atoms with Crippen LogP contribution in [0.5, 0.6) is 0 Å². The van der Waals surface area contributed by atoms with Crippen LogP contribution in [-0.4, -0.2) is 8.75 Å². The minimum atomic E-state index is 0.679. The number of fused-ring (bicyclic) bond motifs is 2. The van der Waals surface area contributed by atoms with Crippen LogP contribution < -0.4 is 0 Å². The Morgan fingerprint density at radius 1 is 0.700 bits per heavy atom. The molecule has 1 aromatic carbocycles. The van der Waals surface area contributed by atoms with E-state index in [1.54, 1.807) is 22.7 Å². The third-order valence-electron chi connectivity index (χ3n) is 8.04. The van der Waals surface area contributed by atoms with Crippen molar-refractivity contribution in [3.05, 3.63) is 30.8 Å². The van der Waals surface area contributed by atoms with Gasteiger partial charge in [-0.15, -0.1) is 22.7 Å². The lowest BCUT2D eigenvalue weighted by atomic mass is 9.89. The third kappa shape index (κ3) is 6.42. The molecule has 10 heteroatoms. The molecule has 4 nitrogen and oxygen atoms in total. The van der Waals surface area contributed by atoms with Gasteiger partial charge in [-0.1, -0.05) is 79.1 Å². The number of halogens is 2. The highest BCUT2D eigenvalue weighted by molar-refractivity contribution is 9.11. The lowest BCUT2D eigenvalue weighted by Gasteiger charge is -2.17. The zero-order valence-corrected chi connectivity index (χ0v) is 30.0. The fourth-order valence-corrected chi connectivity index (χ4v) is 10.3. The Kier molecular flexibility index (Phi) is 10.8. The first kappa shape index (κ1) is 30.7. The number of thiophene rings is 2. The van der Waals surface area contributed by atoms with Crippen molar-refractivity contribution in [3.63, 3.8) is 0 Å². The Balaban J connectivity index is 1.64. The molecule has 1 aliphatic heterocycles. The summed E-state index contributed by atoms with van der Waals surface area (Å²) in [7, 11) is 0. The first-order valence-corrected chi connectivity index (χ1v) is 19.1. The van der Waals surface area contributed by atoms with Gasteiger partial charge < -0.3 is 0 Å². The Hall–Kier alpha value is -0.780. The molecule has 0 aliphatic carbocycles. The summed E-state index contributed by atoms with van der Waals surface area (Å²) in [6.07, 6.45) is 12.1. The predicted octanol–water partition coefficient (Wildman–Crippen LogP) is 12.9. The molecule has 0 radical (unpaired) electrons. The number of nitrogens with zero attached hydrogens (tertiary/aromatic N) is 4. The van der Waals surface area contributed by atoms with Crippen molar-refractivity contribution < 1.29 is 0 Å². The van der Waals surface area contributed by atoms with Gasteiger partial charge in [-0.3, -0.25) is 0 Å². The van der Waals surface area contributed by atoms with Crippen molar-refractivity contribution in [2.75, 3.05) is 0 Å². The molecule has 40 heavy (non-hydrogen) atoms. The summed E-state index contributed by atoms with van der Waals surface area (Å²) in [4.78, 5) is 2.53. The maximum absolute atomic E-state index is 4.92. The van der Waals surface area contributed by atoms with Crippen LogP contribution in [0.25, 0.3) is 31.9 Å². The molecule has 0 N–H and O–H groups in total. The molecule has 2 unspecified atom stereocenters. The fraction of sp³-hybridized carbons (Fsp3) is 0.533. The SMILES string of the molecule is CCCCC(CC)Cc1cc(Br)sc1-c1c2c(c(-c3sc(Br)cc3CC(CC)CCCC)c3nsnc13)N=S=N2. The molecule has 0 bridgehead atoms. The van der Waals surface area contributed by atoms with E-state index < -0.39 is 0 Å². The minimum Gasteiger partial charge on any atom is -0.172 e. The monoisotopic (exact) mass is 738 g/mol. The van der Waals surface area contributed by atoms with Gasteiger partial charge in [0.05, 0.1) is 41.8 Å². The fourth-order valence-electron chi connectivity index (χ4n) is 5.71. The van der Waals surface area contributed by atoms with Crippen LogP contribution in [0.3, 0.4) is 0 Å². The van der Waals surface area contributed by atoms with Gasteiger partial charge in [0, 0.05) is 9.75 Å². The van der Waals surface area contributed by atoms with Crippen molar-refractivity contribution in [2.45, 2.75) is 91.9 Å². The van der Waals surface area contributed by atoms with Gasteiger partial charge in [0.15, 0.2) is 0 Å². The predicted molar refractivity (Wildman–Crippen MR) is 185 cm³/mol. The highest BCUT2D eigenvalue weighted by Crippen LogP contribution is 2.56. The molecule has 3 aromatic heterocycles. The van der Waals surface area contributed by atoms with Crippen LogP contribution in [-0.2, 0) is 24.2 Å². The normalized spacial score (nSPS) is 14.2. The molecule has 214 valence electrons. The third-order valence-corrected chi connectivity index (χ3v) is 12.5. The second-order valence-electron chi connectivity index (χ2n) is 10.7. The van der Waals surface area contributed by atoms with Crippen molar-refractivity contribution >= 4 is 100 Å². The van der Waals surface area contributed by atoms with Gasteiger partial charge in [-0.05, 0) is 79.8 Å². The molecule has 2 atom stereocenters. The molecule has 5 rings (SSSR count). The van der Waals surface area contributed by atoms with E-state index in [1.807, 2.05) is 0 Å². The second kappa shape index (κ2) is 14.1. The quantitative estimate of drug-likeness (QED) is 0.114. The molecule has 4 heterocycles. The first-order valence-electron chi connectivity index (χ1n) is 14.5. The molecule has 1 aliphatic rings. The number of benzene rings is 1. The number of aromatic nitrogens is 2. The number of hydrogen-bond donors (Lipinski definition) is 0. The van der Waals surface area contributed by atoms with E-state index in [1.165, 1.54) is 95.3 Å². The molecular formula is C30H36Br2N4S4.